The van der Waals surface area contributed by atoms with Crippen molar-refractivity contribution in [1.29, 1.82) is 0 Å². The molecule has 0 amide bonds. The fourth-order valence-corrected chi connectivity index (χ4v) is 9.72. The molecule has 4 unspecified atom stereocenters. The van der Waals surface area contributed by atoms with Crippen LogP contribution in [0, 0.1) is 11.3 Å². The second-order valence-electron chi connectivity index (χ2n) is 16.4. The lowest BCUT2D eigenvalue weighted by atomic mass is 9.45. The number of pyridine rings is 1. The minimum Gasteiger partial charge on any atom is -0.472 e. The molecule has 2 aromatic rings. The summed E-state index contributed by atoms with van der Waals surface area (Å²) >= 11 is 0. The number of esters is 8. The van der Waals surface area contributed by atoms with Gasteiger partial charge in [-0.15, -0.1) is 0 Å². The lowest BCUT2D eigenvalue weighted by molar-refractivity contribution is -0.387. The number of carbonyl (C=O) groups excluding carboxylic acids is 8. The number of furan rings is 1. The van der Waals surface area contributed by atoms with E-state index in [2.05, 4.69) is 4.98 Å². The fraction of sp³-hybridized carbons (Fsp3) is 0.585. The third kappa shape index (κ3) is 7.14. The highest BCUT2D eigenvalue weighted by molar-refractivity contribution is 5.92. The van der Waals surface area contributed by atoms with E-state index in [9.17, 15) is 48.6 Å². The van der Waals surface area contributed by atoms with Crippen molar-refractivity contribution in [2.75, 3.05) is 13.2 Å². The Morgan fingerprint density at radius 1 is 0.806 bits per heavy atom. The molecule has 2 aromatic heterocycles. The maximum absolute atomic E-state index is 14.6. The SMILES string of the molecule is CC(=O)OC1C2C(OC(C)=O)C34O[C@@]2(C)COC(=O)c2cnccc2[C@H](C)[C@@](C)(O)C(=O)O[C@@H]([C@H](OC(C)=O)[C@H](OC(C)=O)[C@@]3(COC(=O)c2ccoc2)[C@@H]1OC(C)=O)[C@]4(C)O. The number of ether oxygens (including phenoxy) is 9. The van der Waals surface area contributed by atoms with Gasteiger partial charge in [-0.1, -0.05) is 6.92 Å². The monoisotopic (exact) mass is 873 g/mol. The van der Waals surface area contributed by atoms with Crippen molar-refractivity contribution in [3.63, 3.8) is 0 Å². The molecule has 336 valence electrons. The van der Waals surface area contributed by atoms with Crippen LogP contribution in [0.3, 0.4) is 0 Å². The largest absolute Gasteiger partial charge is 0.472 e. The van der Waals surface area contributed by atoms with Crippen LogP contribution in [-0.2, 0) is 71.4 Å². The minimum atomic E-state index is -2.99. The molecule has 21 heteroatoms. The third-order valence-corrected chi connectivity index (χ3v) is 12.3. The van der Waals surface area contributed by atoms with Gasteiger partial charge >= 0.3 is 47.8 Å². The summed E-state index contributed by atoms with van der Waals surface area (Å²) in [6, 6.07) is 2.56. The molecule has 13 atom stereocenters. The number of aromatic nitrogens is 1. The Labute approximate surface area is 353 Å². The molecule has 2 aliphatic carbocycles. The van der Waals surface area contributed by atoms with Gasteiger partial charge in [0.1, 0.15) is 48.3 Å². The Bertz CT molecular complexity index is 2170. The van der Waals surface area contributed by atoms with E-state index in [-0.39, 0.29) is 16.7 Å². The summed E-state index contributed by atoms with van der Waals surface area (Å²) in [5, 5.41) is 25.6. The summed E-state index contributed by atoms with van der Waals surface area (Å²) in [5.74, 6) is -12.1. The number of fused-ring (bicyclic) bond motifs is 5. The lowest BCUT2D eigenvalue weighted by Crippen LogP contribution is -2.89. The van der Waals surface area contributed by atoms with E-state index in [0.717, 1.165) is 67.2 Å². The molecule has 4 bridgehead atoms. The predicted octanol–water partition coefficient (Wildman–Crippen LogP) is 1.04. The normalized spacial score (nSPS) is 37.3. The van der Waals surface area contributed by atoms with Crippen LogP contribution in [0.4, 0.5) is 0 Å². The molecule has 2 aliphatic heterocycles. The first kappa shape index (κ1) is 45.6. The number of hydrogen-bond donors (Lipinski definition) is 2. The minimum absolute atomic E-state index is 0.0467. The van der Waals surface area contributed by atoms with E-state index in [1.807, 2.05) is 0 Å². The van der Waals surface area contributed by atoms with Gasteiger partial charge in [0.15, 0.2) is 35.6 Å². The zero-order chi connectivity index (χ0) is 45.9. The van der Waals surface area contributed by atoms with Crippen LogP contribution >= 0.6 is 0 Å². The third-order valence-electron chi connectivity index (χ3n) is 12.3. The van der Waals surface area contributed by atoms with Crippen molar-refractivity contribution in [1.82, 2.24) is 4.98 Å². The van der Waals surface area contributed by atoms with Gasteiger partial charge in [-0.3, -0.25) is 29.0 Å². The fourth-order valence-electron chi connectivity index (χ4n) is 9.72. The molecule has 62 heavy (non-hydrogen) atoms. The first-order valence-corrected chi connectivity index (χ1v) is 19.4. The summed E-state index contributed by atoms with van der Waals surface area (Å²) in [7, 11) is 0. The molecule has 4 aliphatic rings. The Hall–Kier alpha value is -5.93. The molecule has 0 aromatic carbocycles. The summed E-state index contributed by atoms with van der Waals surface area (Å²) < 4.78 is 59.7. The molecular weight excluding hydrogens is 826 g/mol. The summed E-state index contributed by atoms with van der Waals surface area (Å²) in [6.45, 7) is 7.47. The van der Waals surface area contributed by atoms with Crippen LogP contribution < -0.4 is 0 Å². The predicted molar refractivity (Wildman–Crippen MR) is 199 cm³/mol. The highest BCUT2D eigenvalue weighted by Gasteiger charge is 2.92. The average Bonchev–Trinajstić information content (AvgIpc) is 3.79. The standard InChI is InChI=1S/C41H47NO20/c1-18-25-10-12-42-14-26(25)35(49)54-16-37(7)27-28(56-19(2)43)32(59-22(5)46)40(17-55-34(48)24-11-13-53-15-24)33(60-23(6)47)29(57-20(3)44)31(61-36(50)38(18,8)51)39(9,52)41(40,62-37)30(27)58-21(4)45/h10-15,18,27-33,51-52H,16-17H2,1-9H3/t18-,27?,28?,29-,30?,31-,32+,33-,37-,38+,39-,40+,41?/m0/s1. The van der Waals surface area contributed by atoms with E-state index >= 15 is 0 Å². The number of hydrogen-bond acceptors (Lipinski definition) is 21. The van der Waals surface area contributed by atoms with Crippen LogP contribution in [0.5, 0.6) is 0 Å². The van der Waals surface area contributed by atoms with Crippen molar-refractivity contribution in [2.45, 2.75) is 127 Å². The highest BCUT2D eigenvalue weighted by atomic mass is 16.7. The van der Waals surface area contributed by atoms with E-state index in [0.29, 0.717) is 0 Å². The molecule has 6 rings (SSSR count). The van der Waals surface area contributed by atoms with Crippen LogP contribution in [0.1, 0.15) is 94.5 Å². The molecule has 4 heterocycles. The van der Waals surface area contributed by atoms with Crippen LogP contribution in [-0.4, -0.2) is 135 Å². The maximum Gasteiger partial charge on any atom is 0.341 e. The van der Waals surface area contributed by atoms with E-state index in [1.165, 1.54) is 32.2 Å². The Morgan fingerprint density at radius 2 is 1.37 bits per heavy atom. The van der Waals surface area contributed by atoms with Crippen LogP contribution in [0.2, 0.25) is 0 Å². The molecule has 1 saturated heterocycles. The number of carbonyl (C=O) groups is 8. The first-order chi connectivity index (χ1) is 28.9. The topological polar surface area (TPSA) is 286 Å². The molecule has 21 nitrogen and oxygen atoms in total. The lowest BCUT2D eigenvalue weighted by Gasteiger charge is -2.67. The van der Waals surface area contributed by atoms with Crippen molar-refractivity contribution in [2.24, 2.45) is 11.3 Å². The molecule has 2 N–H and O–H groups in total. The zero-order valence-electron chi connectivity index (χ0n) is 35.2. The Morgan fingerprint density at radius 3 is 1.94 bits per heavy atom. The smallest absolute Gasteiger partial charge is 0.341 e. The average molecular weight is 874 g/mol. The van der Waals surface area contributed by atoms with Crippen LogP contribution in [0.25, 0.3) is 0 Å². The van der Waals surface area contributed by atoms with Crippen molar-refractivity contribution in [3.8, 4) is 0 Å². The summed E-state index contributed by atoms with van der Waals surface area (Å²) in [6.07, 6.45) is -8.23. The van der Waals surface area contributed by atoms with Gasteiger partial charge < -0.3 is 57.3 Å². The second-order valence-corrected chi connectivity index (χ2v) is 16.4. The van der Waals surface area contributed by atoms with Crippen LogP contribution in [0.15, 0.2) is 41.5 Å². The van der Waals surface area contributed by atoms with Crippen molar-refractivity contribution in [3.05, 3.63) is 53.7 Å². The van der Waals surface area contributed by atoms with Crippen molar-refractivity contribution >= 4 is 47.8 Å². The highest BCUT2D eigenvalue weighted by Crippen LogP contribution is 2.70. The van der Waals surface area contributed by atoms with Gasteiger partial charge in [-0.25, -0.2) is 14.4 Å². The zero-order valence-corrected chi connectivity index (χ0v) is 35.2. The van der Waals surface area contributed by atoms with Gasteiger partial charge in [0.25, 0.3) is 0 Å². The molecular formula is C41H47NO20. The second kappa shape index (κ2) is 16.1. The summed E-state index contributed by atoms with van der Waals surface area (Å²) in [4.78, 5) is 113. The van der Waals surface area contributed by atoms with Gasteiger partial charge in [-0.05, 0) is 38.5 Å². The Balaban J connectivity index is 1.80. The van der Waals surface area contributed by atoms with Gasteiger partial charge in [0, 0.05) is 52.9 Å². The van der Waals surface area contributed by atoms with E-state index < -0.39 is 137 Å². The maximum atomic E-state index is 14.6. The number of rotatable bonds is 8. The van der Waals surface area contributed by atoms with E-state index in [4.69, 9.17) is 47.0 Å². The van der Waals surface area contributed by atoms with E-state index in [1.54, 1.807) is 0 Å². The van der Waals surface area contributed by atoms with Gasteiger partial charge in [-0.2, -0.15) is 0 Å². The molecule has 0 radical (unpaired) electrons. The number of cyclic esters (lactones) is 1. The number of aliphatic hydroxyl groups is 2. The first-order valence-electron chi connectivity index (χ1n) is 19.4. The quantitative estimate of drug-likeness (QED) is 0.277. The molecule has 3 fully saturated rings. The number of nitrogens with zero attached hydrogens (tertiary/aromatic N) is 1. The Kier molecular flexibility index (Phi) is 11.8. The molecule has 1 spiro atoms. The van der Waals surface area contributed by atoms with Gasteiger partial charge in [0.05, 0.1) is 23.3 Å². The summed E-state index contributed by atoms with van der Waals surface area (Å²) in [5.41, 5.74) is -13.7. The van der Waals surface area contributed by atoms with Gasteiger partial charge in [0.2, 0.25) is 0 Å². The molecule has 2 saturated carbocycles. The van der Waals surface area contributed by atoms with Crippen molar-refractivity contribution < 1.29 is 95.6 Å².